The van der Waals surface area contributed by atoms with E-state index in [1.54, 1.807) is 0 Å². The van der Waals surface area contributed by atoms with Gasteiger partial charge in [-0.2, -0.15) is 13.1 Å². The van der Waals surface area contributed by atoms with Gasteiger partial charge in [0.15, 0.2) is 0 Å². The van der Waals surface area contributed by atoms with Crippen molar-refractivity contribution in [1.29, 1.82) is 0 Å². The molecule has 0 bridgehead atoms. The molecule has 66 valence electrons. The van der Waals surface area contributed by atoms with E-state index in [1.165, 1.54) is 0 Å². The van der Waals surface area contributed by atoms with Crippen LogP contribution in [0.3, 0.4) is 0 Å². The van der Waals surface area contributed by atoms with Crippen LogP contribution in [0.2, 0.25) is 0 Å². The Morgan fingerprint density at radius 1 is 1.64 bits per heavy atom. The highest BCUT2D eigenvalue weighted by Gasteiger charge is 2.26. The summed E-state index contributed by atoms with van der Waals surface area (Å²) in [5.74, 6) is 0. The van der Waals surface area contributed by atoms with Crippen LogP contribution in [0, 0.1) is 0 Å². The van der Waals surface area contributed by atoms with Crippen LogP contribution < -0.4 is 9.86 Å². The highest BCUT2D eigenvalue weighted by molar-refractivity contribution is 7.87. The van der Waals surface area contributed by atoms with Gasteiger partial charge in [0, 0.05) is 6.61 Å². The van der Waals surface area contributed by atoms with E-state index >= 15 is 0 Å². The average Bonchev–Trinajstić information content (AvgIpc) is 2.12. The molecule has 3 N–H and O–H groups in total. The first-order valence-electron chi connectivity index (χ1n) is 3.41. The Kier molecular flexibility index (Phi) is 2.48. The monoisotopic (exact) mass is 180 g/mol. The predicted octanol–water partition coefficient (Wildman–Crippen LogP) is -1.04. The Morgan fingerprint density at radius 2 is 2.27 bits per heavy atom. The summed E-state index contributed by atoms with van der Waals surface area (Å²) in [4.78, 5) is 0. The Bertz CT molecular complexity index is 226. The summed E-state index contributed by atoms with van der Waals surface area (Å²) in [7, 11) is -3.57. The molecule has 1 heterocycles. The minimum Gasteiger partial charge on any atom is -0.377 e. The molecule has 1 rings (SSSR count). The first-order valence-corrected chi connectivity index (χ1v) is 4.95. The lowest BCUT2D eigenvalue weighted by molar-refractivity contribution is 0.117. The van der Waals surface area contributed by atoms with E-state index in [-0.39, 0.29) is 12.1 Å². The molecule has 1 saturated heterocycles. The van der Waals surface area contributed by atoms with Crippen molar-refractivity contribution in [2.24, 2.45) is 5.14 Å². The van der Waals surface area contributed by atoms with Gasteiger partial charge in [-0.15, -0.1) is 0 Å². The topological polar surface area (TPSA) is 81.4 Å². The Hall–Kier alpha value is -0.170. The van der Waals surface area contributed by atoms with Crippen molar-refractivity contribution in [3.63, 3.8) is 0 Å². The van der Waals surface area contributed by atoms with Crippen LogP contribution >= 0.6 is 0 Å². The number of hydrogen-bond donors (Lipinski definition) is 2. The molecule has 2 atom stereocenters. The molecule has 0 amide bonds. The molecule has 1 fully saturated rings. The van der Waals surface area contributed by atoms with Crippen molar-refractivity contribution in [3.05, 3.63) is 0 Å². The molecule has 0 saturated carbocycles. The molecule has 0 aliphatic carbocycles. The zero-order chi connectivity index (χ0) is 8.48. The molecule has 0 spiro atoms. The zero-order valence-corrected chi connectivity index (χ0v) is 7.10. The van der Waals surface area contributed by atoms with Crippen LogP contribution in [-0.4, -0.2) is 27.2 Å². The normalized spacial score (nSPS) is 32.5. The Labute approximate surface area is 66.1 Å². The first-order chi connectivity index (χ1) is 4.99. The van der Waals surface area contributed by atoms with Gasteiger partial charge in [0.05, 0.1) is 12.1 Å². The van der Waals surface area contributed by atoms with E-state index in [1.807, 2.05) is 6.92 Å². The van der Waals surface area contributed by atoms with Crippen molar-refractivity contribution < 1.29 is 13.2 Å². The van der Waals surface area contributed by atoms with Crippen molar-refractivity contribution in [2.45, 2.75) is 25.5 Å². The third kappa shape index (κ3) is 2.74. The molecule has 1 aliphatic heterocycles. The molecular weight excluding hydrogens is 168 g/mol. The van der Waals surface area contributed by atoms with Gasteiger partial charge in [0.2, 0.25) is 0 Å². The lowest BCUT2D eigenvalue weighted by atomic mass is 10.2. The molecule has 0 aromatic carbocycles. The van der Waals surface area contributed by atoms with Gasteiger partial charge in [-0.25, -0.2) is 5.14 Å². The minimum atomic E-state index is -3.57. The van der Waals surface area contributed by atoms with E-state index < -0.39 is 10.2 Å². The van der Waals surface area contributed by atoms with E-state index in [9.17, 15) is 8.42 Å². The number of nitrogens with one attached hydrogen (secondary N) is 1. The highest BCUT2D eigenvalue weighted by atomic mass is 32.2. The molecule has 0 aromatic rings. The predicted molar refractivity (Wildman–Crippen MR) is 40.1 cm³/mol. The third-order valence-corrected chi connectivity index (χ3v) is 2.32. The maximum absolute atomic E-state index is 10.5. The first kappa shape index (κ1) is 8.92. The standard InChI is InChI=1S/C5H12N2O3S/c1-4-5(2-3-10-4)7-11(6,8)9/h4-5,7H,2-3H2,1H3,(H2,6,8,9). The van der Waals surface area contributed by atoms with Crippen LogP contribution in [0.1, 0.15) is 13.3 Å². The summed E-state index contributed by atoms with van der Waals surface area (Å²) in [5, 5.41) is 4.78. The van der Waals surface area contributed by atoms with E-state index in [2.05, 4.69) is 4.72 Å². The maximum Gasteiger partial charge on any atom is 0.274 e. The van der Waals surface area contributed by atoms with Gasteiger partial charge < -0.3 is 4.74 Å². The number of hydrogen-bond acceptors (Lipinski definition) is 3. The summed E-state index contributed by atoms with van der Waals surface area (Å²) in [5.41, 5.74) is 0. The number of nitrogens with two attached hydrogens (primary N) is 1. The molecular formula is C5H12N2O3S. The van der Waals surface area contributed by atoms with Gasteiger partial charge in [-0.1, -0.05) is 0 Å². The molecule has 5 nitrogen and oxygen atoms in total. The molecule has 0 aromatic heterocycles. The fourth-order valence-corrected chi connectivity index (χ4v) is 1.83. The molecule has 0 radical (unpaired) electrons. The van der Waals surface area contributed by atoms with Crippen LogP contribution in [0.4, 0.5) is 0 Å². The second-order valence-corrected chi connectivity index (χ2v) is 3.96. The van der Waals surface area contributed by atoms with Crippen molar-refractivity contribution in [3.8, 4) is 0 Å². The molecule has 1 aliphatic rings. The lowest BCUT2D eigenvalue weighted by Crippen LogP contribution is -2.42. The van der Waals surface area contributed by atoms with Gasteiger partial charge in [0.25, 0.3) is 10.2 Å². The fraction of sp³-hybridized carbons (Fsp3) is 1.00. The van der Waals surface area contributed by atoms with Crippen molar-refractivity contribution in [1.82, 2.24) is 4.72 Å². The quantitative estimate of drug-likeness (QED) is 0.569. The van der Waals surface area contributed by atoms with Crippen molar-refractivity contribution in [2.75, 3.05) is 6.61 Å². The zero-order valence-electron chi connectivity index (χ0n) is 6.28. The SMILES string of the molecule is CC1OCCC1NS(N)(=O)=O. The van der Waals surface area contributed by atoms with Crippen LogP contribution in [-0.2, 0) is 14.9 Å². The number of rotatable bonds is 2. The summed E-state index contributed by atoms with van der Waals surface area (Å²) in [6.45, 7) is 2.41. The fourth-order valence-electron chi connectivity index (χ4n) is 1.10. The van der Waals surface area contributed by atoms with Crippen LogP contribution in [0.5, 0.6) is 0 Å². The third-order valence-electron chi connectivity index (χ3n) is 1.69. The Balaban J connectivity index is 2.50. The summed E-state index contributed by atoms with van der Waals surface area (Å²) in [6.07, 6.45) is 0.616. The Morgan fingerprint density at radius 3 is 2.64 bits per heavy atom. The van der Waals surface area contributed by atoms with Crippen molar-refractivity contribution >= 4 is 10.2 Å². The van der Waals surface area contributed by atoms with E-state index in [0.717, 1.165) is 0 Å². The number of ether oxygens (including phenoxy) is 1. The summed E-state index contributed by atoms with van der Waals surface area (Å²) >= 11 is 0. The molecule has 11 heavy (non-hydrogen) atoms. The second kappa shape index (κ2) is 3.06. The summed E-state index contributed by atoms with van der Waals surface area (Å²) in [6, 6.07) is -0.162. The van der Waals surface area contributed by atoms with Gasteiger partial charge in [-0.05, 0) is 13.3 Å². The average molecular weight is 180 g/mol. The van der Waals surface area contributed by atoms with Gasteiger partial charge in [-0.3, -0.25) is 0 Å². The minimum absolute atomic E-state index is 0.0756. The summed E-state index contributed by atoms with van der Waals surface area (Å²) < 4.78 is 28.5. The van der Waals surface area contributed by atoms with Crippen LogP contribution in [0.15, 0.2) is 0 Å². The maximum atomic E-state index is 10.5. The molecule has 6 heteroatoms. The van der Waals surface area contributed by atoms with Gasteiger partial charge >= 0.3 is 0 Å². The smallest absolute Gasteiger partial charge is 0.274 e. The lowest BCUT2D eigenvalue weighted by Gasteiger charge is -2.13. The largest absolute Gasteiger partial charge is 0.377 e. The highest BCUT2D eigenvalue weighted by Crippen LogP contribution is 2.12. The van der Waals surface area contributed by atoms with E-state index in [0.29, 0.717) is 13.0 Å². The van der Waals surface area contributed by atoms with Crippen LogP contribution in [0.25, 0.3) is 0 Å². The van der Waals surface area contributed by atoms with Gasteiger partial charge in [0.1, 0.15) is 0 Å². The second-order valence-electron chi connectivity index (χ2n) is 2.63. The molecule has 2 unspecified atom stereocenters. The van der Waals surface area contributed by atoms with E-state index in [4.69, 9.17) is 9.88 Å².